The van der Waals surface area contributed by atoms with E-state index < -0.39 is 0 Å². The highest BCUT2D eigenvalue weighted by Crippen LogP contribution is 2.09. The topological polar surface area (TPSA) is 60.1 Å². The van der Waals surface area contributed by atoms with Gasteiger partial charge in [0.15, 0.2) is 0 Å². The van der Waals surface area contributed by atoms with Crippen LogP contribution in [0.25, 0.3) is 0 Å². The second kappa shape index (κ2) is 5.58. The summed E-state index contributed by atoms with van der Waals surface area (Å²) < 4.78 is 1.75. The zero-order valence-electron chi connectivity index (χ0n) is 10.3. The molecule has 4 heteroatoms. The number of nitrogens with two attached hydrogens (primary N) is 1. The number of hydrogen-bond donors (Lipinski definition) is 2. The number of aromatic nitrogens is 1. The highest BCUT2D eigenvalue weighted by atomic mass is 16.2. The highest BCUT2D eigenvalue weighted by Gasteiger charge is 2.12. The molecule has 1 rings (SSSR count). The molecule has 0 aliphatic carbocycles. The third-order valence-corrected chi connectivity index (χ3v) is 2.63. The summed E-state index contributed by atoms with van der Waals surface area (Å²) in [6.45, 7) is 4.17. The summed E-state index contributed by atoms with van der Waals surface area (Å²) in [7, 11) is 1.82. The van der Waals surface area contributed by atoms with Crippen LogP contribution in [0.5, 0.6) is 0 Å². The molecule has 1 aromatic heterocycles. The SMILES string of the molecule is CCCCC(C)NC(=O)c1cc(N)cn1C. The number of anilines is 1. The molecule has 4 nitrogen and oxygen atoms in total. The van der Waals surface area contributed by atoms with Crippen molar-refractivity contribution in [2.45, 2.75) is 39.2 Å². The zero-order chi connectivity index (χ0) is 12.1. The third kappa shape index (κ3) is 3.29. The molecule has 0 saturated heterocycles. The van der Waals surface area contributed by atoms with Crippen LogP contribution >= 0.6 is 0 Å². The van der Waals surface area contributed by atoms with Gasteiger partial charge in [0, 0.05) is 19.3 Å². The summed E-state index contributed by atoms with van der Waals surface area (Å²) >= 11 is 0. The Morgan fingerprint density at radius 3 is 2.81 bits per heavy atom. The summed E-state index contributed by atoms with van der Waals surface area (Å²) in [5, 5.41) is 2.97. The fourth-order valence-corrected chi connectivity index (χ4v) is 1.70. The first-order valence-electron chi connectivity index (χ1n) is 5.77. The first kappa shape index (κ1) is 12.6. The largest absolute Gasteiger partial charge is 0.397 e. The molecule has 0 aliphatic rings. The van der Waals surface area contributed by atoms with Crippen LogP contribution in [0.1, 0.15) is 43.6 Å². The first-order chi connectivity index (χ1) is 7.54. The third-order valence-electron chi connectivity index (χ3n) is 2.63. The van der Waals surface area contributed by atoms with Crippen molar-refractivity contribution in [3.63, 3.8) is 0 Å². The van der Waals surface area contributed by atoms with Gasteiger partial charge in [0.25, 0.3) is 5.91 Å². The summed E-state index contributed by atoms with van der Waals surface area (Å²) in [6.07, 6.45) is 5.04. The zero-order valence-corrected chi connectivity index (χ0v) is 10.3. The number of carbonyl (C=O) groups is 1. The van der Waals surface area contributed by atoms with Crippen LogP contribution < -0.4 is 11.1 Å². The van der Waals surface area contributed by atoms with E-state index in [2.05, 4.69) is 12.2 Å². The Labute approximate surface area is 96.8 Å². The maximum absolute atomic E-state index is 11.9. The molecule has 90 valence electrons. The number of hydrogen-bond acceptors (Lipinski definition) is 2. The van der Waals surface area contributed by atoms with Crippen LogP contribution in [0, 0.1) is 0 Å². The monoisotopic (exact) mass is 223 g/mol. The van der Waals surface area contributed by atoms with Crippen molar-refractivity contribution >= 4 is 11.6 Å². The van der Waals surface area contributed by atoms with Crippen LogP contribution in [-0.2, 0) is 7.05 Å². The molecule has 1 aromatic rings. The van der Waals surface area contributed by atoms with Crippen molar-refractivity contribution < 1.29 is 4.79 Å². The molecule has 0 spiro atoms. The molecule has 1 heterocycles. The van der Waals surface area contributed by atoms with Crippen molar-refractivity contribution in [1.82, 2.24) is 9.88 Å². The average molecular weight is 223 g/mol. The van der Waals surface area contributed by atoms with Crippen molar-refractivity contribution in [2.75, 3.05) is 5.73 Å². The van der Waals surface area contributed by atoms with Gasteiger partial charge in [-0.1, -0.05) is 19.8 Å². The fraction of sp³-hybridized carbons (Fsp3) is 0.583. The Balaban J connectivity index is 2.55. The minimum atomic E-state index is -0.0530. The minimum absolute atomic E-state index is 0.0530. The van der Waals surface area contributed by atoms with Crippen molar-refractivity contribution in [2.24, 2.45) is 7.05 Å². The van der Waals surface area contributed by atoms with Gasteiger partial charge in [-0.2, -0.15) is 0 Å². The number of carbonyl (C=O) groups excluding carboxylic acids is 1. The standard InChI is InChI=1S/C12H21N3O/c1-4-5-6-9(2)14-12(16)11-7-10(13)8-15(11)3/h7-9H,4-6,13H2,1-3H3,(H,14,16). The molecule has 1 amide bonds. The normalized spacial score (nSPS) is 12.4. The summed E-state index contributed by atoms with van der Waals surface area (Å²) in [5.74, 6) is -0.0530. The Kier molecular flexibility index (Phi) is 4.40. The Hall–Kier alpha value is -1.45. The molecular weight excluding hydrogens is 202 g/mol. The van der Waals surface area contributed by atoms with Crippen molar-refractivity contribution in [3.05, 3.63) is 18.0 Å². The molecule has 0 saturated carbocycles. The van der Waals surface area contributed by atoms with E-state index in [1.54, 1.807) is 16.8 Å². The number of nitrogens with zero attached hydrogens (tertiary/aromatic N) is 1. The van der Waals surface area contributed by atoms with Gasteiger partial charge in [0.05, 0.1) is 5.69 Å². The second-order valence-electron chi connectivity index (χ2n) is 4.29. The lowest BCUT2D eigenvalue weighted by Gasteiger charge is -2.13. The van der Waals surface area contributed by atoms with Crippen LogP contribution in [0.2, 0.25) is 0 Å². The van der Waals surface area contributed by atoms with E-state index >= 15 is 0 Å². The van der Waals surface area contributed by atoms with E-state index in [1.807, 2.05) is 14.0 Å². The number of rotatable bonds is 5. The van der Waals surface area contributed by atoms with E-state index in [4.69, 9.17) is 5.73 Å². The summed E-state index contributed by atoms with van der Waals surface area (Å²) in [6, 6.07) is 1.91. The van der Waals surface area contributed by atoms with E-state index in [9.17, 15) is 4.79 Å². The Bertz CT molecular complexity index is 357. The Morgan fingerprint density at radius 2 is 2.31 bits per heavy atom. The molecule has 0 fully saturated rings. The molecule has 0 radical (unpaired) electrons. The van der Waals surface area contributed by atoms with Gasteiger partial charge in [0.1, 0.15) is 5.69 Å². The molecular formula is C12H21N3O. The quantitative estimate of drug-likeness (QED) is 0.801. The minimum Gasteiger partial charge on any atom is -0.397 e. The molecule has 3 N–H and O–H groups in total. The maximum Gasteiger partial charge on any atom is 0.268 e. The maximum atomic E-state index is 11.9. The van der Waals surface area contributed by atoms with Gasteiger partial charge in [-0.25, -0.2) is 0 Å². The summed E-state index contributed by atoms with van der Waals surface area (Å²) in [4.78, 5) is 11.9. The van der Waals surface area contributed by atoms with E-state index in [-0.39, 0.29) is 11.9 Å². The number of nitrogen functional groups attached to an aromatic ring is 1. The summed E-state index contributed by atoms with van der Waals surface area (Å²) in [5.41, 5.74) is 6.86. The van der Waals surface area contributed by atoms with E-state index in [0.29, 0.717) is 11.4 Å². The predicted octanol–water partition coefficient (Wildman–Crippen LogP) is 1.92. The highest BCUT2D eigenvalue weighted by molar-refractivity contribution is 5.93. The number of nitrogens with one attached hydrogen (secondary N) is 1. The van der Waals surface area contributed by atoms with Gasteiger partial charge in [-0.3, -0.25) is 4.79 Å². The molecule has 0 aliphatic heterocycles. The van der Waals surface area contributed by atoms with Crippen LogP contribution in [-0.4, -0.2) is 16.5 Å². The van der Waals surface area contributed by atoms with Gasteiger partial charge in [0.2, 0.25) is 0 Å². The van der Waals surface area contributed by atoms with Gasteiger partial charge in [-0.05, 0) is 19.4 Å². The van der Waals surface area contributed by atoms with Gasteiger partial charge >= 0.3 is 0 Å². The number of aryl methyl sites for hydroxylation is 1. The van der Waals surface area contributed by atoms with Crippen LogP contribution in [0.4, 0.5) is 5.69 Å². The average Bonchev–Trinajstić information content (AvgIpc) is 2.54. The lowest BCUT2D eigenvalue weighted by atomic mass is 10.1. The van der Waals surface area contributed by atoms with Gasteiger partial charge in [-0.15, -0.1) is 0 Å². The van der Waals surface area contributed by atoms with Crippen LogP contribution in [0.3, 0.4) is 0 Å². The molecule has 1 atom stereocenters. The van der Waals surface area contributed by atoms with Crippen molar-refractivity contribution in [3.8, 4) is 0 Å². The Morgan fingerprint density at radius 1 is 1.62 bits per heavy atom. The number of unbranched alkanes of at least 4 members (excludes halogenated alkanes) is 1. The van der Waals surface area contributed by atoms with E-state index in [0.717, 1.165) is 19.3 Å². The van der Waals surface area contributed by atoms with Crippen molar-refractivity contribution in [1.29, 1.82) is 0 Å². The number of amides is 1. The fourth-order valence-electron chi connectivity index (χ4n) is 1.70. The lowest BCUT2D eigenvalue weighted by Crippen LogP contribution is -2.33. The molecule has 0 aromatic carbocycles. The molecule has 0 bridgehead atoms. The van der Waals surface area contributed by atoms with Crippen LogP contribution in [0.15, 0.2) is 12.3 Å². The molecule has 16 heavy (non-hydrogen) atoms. The second-order valence-corrected chi connectivity index (χ2v) is 4.29. The molecule has 1 unspecified atom stereocenters. The van der Waals surface area contributed by atoms with E-state index in [1.165, 1.54) is 0 Å². The van der Waals surface area contributed by atoms with Gasteiger partial charge < -0.3 is 15.6 Å². The smallest absolute Gasteiger partial charge is 0.268 e. The first-order valence-corrected chi connectivity index (χ1v) is 5.77. The lowest BCUT2D eigenvalue weighted by molar-refractivity contribution is 0.0930. The predicted molar refractivity (Wildman–Crippen MR) is 66.3 cm³/mol.